The van der Waals surface area contributed by atoms with Crippen LogP contribution in [0.2, 0.25) is 4.34 Å². The zero-order valence-corrected chi connectivity index (χ0v) is 16.4. The number of nitrogens with one attached hydrogen (secondary N) is 1. The molecular weight excluding hydrogens is 397 g/mol. The summed E-state index contributed by atoms with van der Waals surface area (Å²) in [4.78, 5) is 0. The van der Waals surface area contributed by atoms with E-state index < -0.39 is 16.1 Å². The second kappa shape index (κ2) is 7.48. The molecular formula is C17H17ClFN3O2S2. The van der Waals surface area contributed by atoms with Crippen LogP contribution in [0.15, 0.2) is 52.9 Å². The number of rotatable bonds is 6. The Labute approximate surface area is 160 Å². The predicted octanol–water partition coefficient (Wildman–Crippen LogP) is 4.40. The second-order valence-corrected chi connectivity index (χ2v) is 9.70. The minimum absolute atomic E-state index is 0.0453. The maximum atomic E-state index is 13.2. The van der Waals surface area contributed by atoms with E-state index in [9.17, 15) is 12.8 Å². The van der Waals surface area contributed by atoms with Gasteiger partial charge < -0.3 is 0 Å². The van der Waals surface area contributed by atoms with E-state index in [1.165, 1.54) is 18.2 Å². The normalized spacial score (nSPS) is 13.3. The minimum atomic E-state index is -3.73. The Bertz CT molecular complexity index is 997. The number of halogens is 2. The van der Waals surface area contributed by atoms with E-state index in [-0.39, 0.29) is 15.9 Å². The molecule has 5 nitrogen and oxygen atoms in total. The Morgan fingerprint density at radius 3 is 2.42 bits per heavy atom. The molecule has 0 aliphatic rings. The average molecular weight is 414 g/mol. The van der Waals surface area contributed by atoms with E-state index in [1.54, 1.807) is 35.1 Å². The van der Waals surface area contributed by atoms with Crippen molar-refractivity contribution in [2.75, 3.05) is 0 Å². The molecule has 9 heteroatoms. The van der Waals surface area contributed by atoms with Gasteiger partial charge >= 0.3 is 0 Å². The fourth-order valence-corrected chi connectivity index (χ4v) is 5.41. The van der Waals surface area contributed by atoms with Gasteiger partial charge in [-0.2, -0.15) is 5.10 Å². The summed E-state index contributed by atoms with van der Waals surface area (Å²) >= 11 is 6.86. The van der Waals surface area contributed by atoms with Gasteiger partial charge in [0.15, 0.2) is 0 Å². The van der Waals surface area contributed by atoms with Gasteiger partial charge in [0.05, 0.1) is 21.8 Å². The Balaban J connectivity index is 1.97. The molecule has 0 radical (unpaired) electrons. The van der Waals surface area contributed by atoms with Crippen LogP contribution >= 0.6 is 22.9 Å². The largest absolute Gasteiger partial charge is 0.250 e. The summed E-state index contributed by atoms with van der Waals surface area (Å²) in [5.41, 5.74) is 1.31. The topological polar surface area (TPSA) is 64.0 Å². The highest BCUT2D eigenvalue weighted by atomic mass is 35.5. The number of aromatic nitrogens is 2. The summed E-state index contributed by atoms with van der Waals surface area (Å²) < 4.78 is 43.5. The van der Waals surface area contributed by atoms with Gasteiger partial charge in [0, 0.05) is 6.20 Å². The second-order valence-electron chi connectivity index (χ2n) is 6.05. The molecule has 0 amide bonds. The van der Waals surface area contributed by atoms with Gasteiger partial charge in [-0.25, -0.2) is 22.2 Å². The molecule has 0 unspecified atom stereocenters. The van der Waals surface area contributed by atoms with E-state index in [0.717, 1.165) is 11.3 Å². The van der Waals surface area contributed by atoms with Gasteiger partial charge in [0.2, 0.25) is 0 Å². The minimum Gasteiger partial charge on any atom is -0.236 e. The Kier molecular flexibility index (Phi) is 5.47. The summed E-state index contributed by atoms with van der Waals surface area (Å²) in [5, 5.41) is 4.27. The molecule has 1 aromatic carbocycles. The first-order valence-corrected chi connectivity index (χ1v) is 10.5. The monoisotopic (exact) mass is 413 g/mol. The van der Waals surface area contributed by atoms with E-state index in [2.05, 4.69) is 9.82 Å². The van der Waals surface area contributed by atoms with Gasteiger partial charge in [-0.3, -0.25) is 0 Å². The molecule has 0 fully saturated rings. The summed E-state index contributed by atoms with van der Waals surface area (Å²) in [6.45, 7) is 3.83. The third kappa shape index (κ3) is 3.98. The number of benzene rings is 1. The first kappa shape index (κ1) is 19.0. The summed E-state index contributed by atoms with van der Waals surface area (Å²) in [5.74, 6) is -0.394. The van der Waals surface area contributed by atoms with Gasteiger partial charge in [-0.05, 0) is 48.4 Å². The number of sulfonamides is 1. The van der Waals surface area contributed by atoms with Gasteiger partial charge in [-0.1, -0.05) is 25.4 Å². The highest BCUT2D eigenvalue weighted by Crippen LogP contribution is 2.30. The number of thiophene rings is 1. The van der Waals surface area contributed by atoms with Crippen molar-refractivity contribution in [3.63, 3.8) is 0 Å². The van der Waals surface area contributed by atoms with Gasteiger partial charge in [0.25, 0.3) is 10.0 Å². The van der Waals surface area contributed by atoms with E-state index >= 15 is 0 Å². The molecule has 3 rings (SSSR count). The molecule has 0 aliphatic carbocycles. The zero-order valence-electron chi connectivity index (χ0n) is 14.1. The SMILES string of the molecule is CC(C)[C@@H](NS(=O)(=O)c1ccc(Cl)s1)c1ccnn1-c1ccc(F)cc1. The lowest BCUT2D eigenvalue weighted by atomic mass is 10.0. The molecule has 138 valence electrons. The molecule has 0 saturated carbocycles. The van der Waals surface area contributed by atoms with Crippen molar-refractivity contribution >= 4 is 33.0 Å². The van der Waals surface area contributed by atoms with Crippen LogP contribution in [0.3, 0.4) is 0 Å². The first-order valence-electron chi connectivity index (χ1n) is 7.85. The van der Waals surface area contributed by atoms with Crippen molar-refractivity contribution in [3.05, 3.63) is 64.5 Å². The van der Waals surface area contributed by atoms with Crippen LogP contribution in [0.4, 0.5) is 4.39 Å². The molecule has 2 heterocycles. The lowest BCUT2D eigenvalue weighted by Crippen LogP contribution is -2.32. The lowest BCUT2D eigenvalue weighted by Gasteiger charge is -2.23. The highest BCUT2D eigenvalue weighted by Gasteiger charge is 2.27. The third-order valence-corrected chi connectivity index (χ3v) is 6.99. The molecule has 2 aromatic heterocycles. The standard InChI is InChI=1S/C17H17ClFN3O2S2/c1-11(2)17(21-26(23,24)16-8-7-15(18)25-16)14-9-10-20-22(14)13-5-3-12(19)4-6-13/h3-11,17,21H,1-2H3/t17-/m1/s1. The lowest BCUT2D eigenvalue weighted by molar-refractivity contribution is 0.446. The van der Waals surface area contributed by atoms with E-state index in [1.807, 2.05) is 13.8 Å². The van der Waals surface area contributed by atoms with Crippen LogP contribution in [0, 0.1) is 11.7 Å². The number of nitrogens with zero attached hydrogens (tertiary/aromatic N) is 2. The molecule has 0 spiro atoms. The van der Waals surface area contributed by atoms with Crippen molar-refractivity contribution in [1.82, 2.24) is 14.5 Å². The predicted molar refractivity (Wildman–Crippen MR) is 101 cm³/mol. The van der Waals surface area contributed by atoms with Crippen LogP contribution in [0.25, 0.3) is 5.69 Å². The molecule has 0 aliphatic heterocycles. The summed E-state index contributed by atoms with van der Waals surface area (Å²) in [6.07, 6.45) is 1.59. The molecule has 0 bridgehead atoms. The summed E-state index contributed by atoms with van der Waals surface area (Å²) in [7, 11) is -3.73. The van der Waals surface area contributed by atoms with Gasteiger partial charge in [0.1, 0.15) is 10.0 Å². The van der Waals surface area contributed by atoms with Crippen molar-refractivity contribution in [1.29, 1.82) is 0 Å². The molecule has 3 aromatic rings. The van der Waals surface area contributed by atoms with Crippen molar-refractivity contribution in [2.45, 2.75) is 24.1 Å². The van der Waals surface area contributed by atoms with Crippen LogP contribution in [-0.4, -0.2) is 18.2 Å². The summed E-state index contributed by atoms with van der Waals surface area (Å²) in [6, 6.07) is 10.1. The maximum Gasteiger partial charge on any atom is 0.250 e. The maximum absolute atomic E-state index is 13.2. The molecule has 0 saturated heterocycles. The quantitative estimate of drug-likeness (QED) is 0.651. The Hall–Kier alpha value is -1.74. The number of hydrogen-bond acceptors (Lipinski definition) is 4. The molecule has 1 N–H and O–H groups in total. The third-order valence-electron chi connectivity index (χ3n) is 3.82. The average Bonchev–Trinajstić information content (AvgIpc) is 3.22. The van der Waals surface area contributed by atoms with Crippen LogP contribution in [0.1, 0.15) is 25.6 Å². The first-order chi connectivity index (χ1) is 12.3. The highest BCUT2D eigenvalue weighted by molar-refractivity contribution is 7.91. The van der Waals surface area contributed by atoms with Crippen molar-refractivity contribution in [2.24, 2.45) is 5.92 Å². The van der Waals surface area contributed by atoms with Gasteiger partial charge in [-0.15, -0.1) is 11.3 Å². The van der Waals surface area contributed by atoms with Crippen LogP contribution in [0.5, 0.6) is 0 Å². The van der Waals surface area contributed by atoms with Crippen molar-refractivity contribution in [3.8, 4) is 5.69 Å². The smallest absolute Gasteiger partial charge is 0.236 e. The van der Waals surface area contributed by atoms with E-state index in [0.29, 0.717) is 15.7 Å². The number of hydrogen-bond donors (Lipinski definition) is 1. The Morgan fingerprint density at radius 2 is 1.85 bits per heavy atom. The Morgan fingerprint density at radius 1 is 1.15 bits per heavy atom. The fourth-order valence-electron chi connectivity index (χ4n) is 2.55. The molecule has 26 heavy (non-hydrogen) atoms. The van der Waals surface area contributed by atoms with Crippen molar-refractivity contribution < 1.29 is 12.8 Å². The van der Waals surface area contributed by atoms with E-state index in [4.69, 9.17) is 11.6 Å². The fraction of sp³-hybridized carbons (Fsp3) is 0.235. The zero-order chi connectivity index (χ0) is 18.9. The van der Waals surface area contributed by atoms with Crippen LogP contribution < -0.4 is 4.72 Å². The molecule has 1 atom stereocenters. The van der Waals surface area contributed by atoms with Crippen LogP contribution in [-0.2, 0) is 10.0 Å².